The number of aliphatic hydroxyl groups excluding tert-OH is 2. The normalized spacial score (nSPS) is 20.0. The van der Waals surface area contributed by atoms with Crippen LogP contribution in [0.3, 0.4) is 0 Å². The number of fused-ring (bicyclic) bond motifs is 10. The molecule has 91 heavy (non-hydrogen) atoms. The van der Waals surface area contributed by atoms with Crippen molar-refractivity contribution in [2.24, 2.45) is 5.73 Å². The molecule has 14 rings (SSSR count). The van der Waals surface area contributed by atoms with E-state index in [1.165, 1.54) is 16.7 Å². The standard InChI is InChI=1S/C32H26F3N3O6.C24H22FN3O4.C8H6F2O3.CH3F/c1-3-32(43)20-9-24-27-18(11-38(24)30(41)19(20)12-44-31(32)42)26-22(5-4-17-13(2)21(35)10-23(36-27)25(17)26)37-29(40)28(39)14-6-15(33)8-16(34)7-14;1-3-24(31)14-6-18-21-12(8-28(18)22(29)13(14)9-32-23(24)30)19-16(26)5-4-11-10(2)15(25)7-17(27-21)20(11)19;9-5-1-4(2-6(10)3-5)7(11)8(12)13;1-2/h6-10,22,28,39,43H,3-5,11-12H2,1-2H3,(H,37,40);6-7,16,31H,3-5,8-9,26H2,1-2H3;1-3,7,11H,(H,12,13);1H3/t22-,28+,32-;16-,24-;7-;/m001./s1/i;;;1D. The first-order valence-corrected chi connectivity index (χ1v) is 28.7. The molecule has 2 aliphatic carbocycles. The highest BCUT2D eigenvalue weighted by Gasteiger charge is 2.48. The van der Waals surface area contributed by atoms with Crippen LogP contribution in [0.1, 0.15) is 143 Å². The molecule has 8 aromatic rings. The molecule has 8 heterocycles. The van der Waals surface area contributed by atoms with E-state index in [0.717, 1.165) is 46.3 Å². The second kappa shape index (κ2) is 23.5. The van der Waals surface area contributed by atoms with Crippen LogP contribution in [-0.2, 0) is 79.0 Å². The predicted molar refractivity (Wildman–Crippen MR) is 310 cm³/mol. The summed E-state index contributed by atoms with van der Waals surface area (Å²) in [6.45, 7) is 6.52. The van der Waals surface area contributed by atoms with Gasteiger partial charge in [0.25, 0.3) is 17.0 Å². The van der Waals surface area contributed by atoms with Crippen molar-refractivity contribution in [3.8, 4) is 22.8 Å². The fraction of sp³-hybridized carbons (Fsp3) is 0.323. The molecule has 0 bridgehead atoms. The van der Waals surface area contributed by atoms with Crippen molar-refractivity contribution in [3.05, 3.63) is 194 Å². The van der Waals surface area contributed by atoms with E-state index in [0.29, 0.717) is 99.3 Å². The van der Waals surface area contributed by atoms with E-state index in [4.69, 9.17) is 36.8 Å². The number of ether oxygens (including phenoxy) is 2. The number of benzene rings is 4. The van der Waals surface area contributed by atoms with Crippen LogP contribution in [0.25, 0.3) is 44.6 Å². The molecule has 26 heteroatoms. The molecule has 0 fully saturated rings. The fourth-order valence-electron chi connectivity index (χ4n) is 13.3. The van der Waals surface area contributed by atoms with Gasteiger partial charge < -0.3 is 55.2 Å². The summed E-state index contributed by atoms with van der Waals surface area (Å²) in [6, 6.07) is 9.44. The van der Waals surface area contributed by atoms with Crippen LogP contribution in [0.4, 0.5) is 30.7 Å². The number of aromatic nitrogens is 4. The van der Waals surface area contributed by atoms with Gasteiger partial charge in [-0.3, -0.25) is 18.8 Å². The zero-order valence-electron chi connectivity index (χ0n) is 49.9. The van der Waals surface area contributed by atoms with E-state index >= 15 is 4.39 Å². The van der Waals surface area contributed by atoms with Crippen LogP contribution < -0.4 is 22.2 Å². The number of hydrogen-bond acceptors (Lipinski definition) is 15. The molecule has 6 aliphatic rings. The summed E-state index contributed by atoms with van der Waals surface area (Å²) in [6.07, 6.45) is -1.70. The Morgan fingerprint density at radius 2 is 1.05 bits per heavy atom. The number of amides is 1. The van der Waals surface area contributed by atoms with E-state index in [2.05, 4.69) is 5.32 Å². The summed E-state index contributed by atoms with van der Waals surface area (Å²) in [5, 5.41) is 54.5. The van der Waals surface area contributed by atoms with Crippen molar-refractivity contribution in [2.45, 2.75) is 128 Å². The van der Waals surface area contributed by atoms with Crippen LogP contribution in [0, 0.1) is 48.8 Å². The Kier molecular flexibility index (Phi) is 16.0. The number of nitrogens with one attached hydrogen (secondary N) is 1. The van der Waals surface area contributed by atoms with E-state index in [1.54, 1.807) is 44.4 Å². The number of cyclic esters (lactones) is 2. The number of hydrogen-bond donors (Lipinski definition) is 7. The largest absolute Gasteiger partial charge is 0.479 e. The van der Waals surface area contributed by atoms with E-state index in [1.807, 2.05) is 0 Å². The third-order valence-electron chi connectivity index (χ3n) is 18.0. The number of aryl methyl sites for hydroxylation is 2. The molecule has 8 N–H and O–H groups in total. The van der Waals surface area contributed by atoms with Crippen LogP contribution in [0.5, 0.6) is 0 Å². The fourth-order valence-corrected chi connectivity index (χ4v) is 13.3. The maximum Gasteiger partial charge on any atom is 0.343 e. The van der Waals surface area contributed by atoms with Crippen molar-refractivity contribution in [2.75, 3.05) is 7.15 Å². The van der Waals surface area contributed by atoms with Gasteiger partial charge in [-0.1, -0.05) is 13.8 Å². The summed E-state index contributed by atoms with van der Waals surface area (Å²) in [5.74, 6) is -8.59. The topological polar surface area (TPSA) is 296 Å². The maximum atomic E-state index is 15.1. The second-order valence-electron chi connectivity index (χ2n) is 22.9. The smallest absolute Gasteiger partial charge is 0.343 e. The first kappa shape index (κ1) is 62.0. The molecule has 1 amide bonds. The molecule has 0 radical (unpaired) electrons. The highest BCUT2D eigenvalue weighted by atomic mass is 19.2. The number of halogens is 7. The van der Waals surface area contributed by atoms with Crippen LogP contribution in [-0.4, -0.2) is 75.6 Å². The van der Waals surface area contributed by atoms with Crippen molar-refractivity contribution in [3.63, 3.8) is 0 Å². The number of nitrogens with zero attached hydrogens (tertiary/aromatic N) is 4. The molecule has 0 spiro atoms. The molecule has 4 aromatic carbocycles. The Labute approximate surface area is 512 Å². The van der Waals surface area contributed by atoms with Gasteiger partial charge in [0.15, 0.2) is 23.4 Å². The zero-order valence-corrected chi connectivity index (χ0v) is 48.9. The Bertz CT molecular complexity index is 4600. The number of carbonyl (C=O) groups excluding carboxylic acids is 3. The molecular weight excluding hydrogens is 1210 g/mol. The molecule has 4 aromatic heterocycles. The summed E-state index contributed by atoms with van der Waals surface area (Å²) >= 11 is 0. The highest BCUT2D eigenvalue weighted by molar-refractivity contribution is 5.95. The minimum atomic E-state index is -2.03. The number of nitrogens with two attached hydrogens (primary N) is 1. The molecule has 6 atom stereocenters. The van der Waals surface area contributed by atoms with Crippen LogP contribution >= 0.6 is 0 Å². The molecule has 4 aliphatic heterocycles. The lowest BCUT2D eigenvalue weighted by atomic mass is 9.81. The number of aliphatic carboxylic acids is 1. The Balaban J connectivity index is 0.000000157. The first-order chi connectivity index (χ1) is 43.6. The van der Waals surface area contributed by atoms with Gasteiger partial charge in [-0.05, 0) is 133 Å². The van der Waals surface area contributed by atoms with Gasteiger partial charge >= 0.3 is 17.9 Å². The number of carboxylic acid groups (broad SMARTS) is 1. The second-order valence-corrected chi connectivity index (χ2v) is 22.9. The lowest BCUT2D eigenvalue weighted by molar-refractivity contribution is -0.172. The summed E-state index contributed by atoms with van der Waals surface area (Å²) in [4.78, 5) is 85.0. The van der Waals surface area contributed by atoms with Crippen molar-refractivity contribution in [1.82, 2.24) is 24.4 Å². The first-order valence-electron chi connectivity index (χ1n) is 29.4. The van der Waals surface area contributed by atoms with Crippen molar-refractivity contribution in [1.29, 1.82) is 0 Å². The minimum Gasteiger partial charge on any atom is -0.479 e. The monoisotopic (exact) mass is 1260 g/mol. The van der Waals surface area contributed by atoms with Crippen LogP contribution in [0.2, 0.25) is 0 Å². The Morgan fingerprint density at radius 1 is 0.648 bits per heavy atom. The average Bonchev–Trinajstić information content (AvgIpc) is 1.52. The van der Waals surface area contributed by atoms with Crippen LogP contribution in [0.15, 0.2) is 70.3 Å². The summed E-state index contributed by atoms with van der Waals surface area (Å²) in [5.41, 5.74) is 10.1. The van der Waals surface area contributed by atoms with Gasteiger partial charge in [-0.15, -0.1) is 0 Å². The van der Waals surface area contributed by atoms with E-state index in [9.17, 15) is 70.4 Å². The number of carbonyl (C=O) groups is 4. The summed E-state index contributed by atoms with van der Waals surface area (Å²) in [7, 11) is -1.00. The number of rotatable bonds is 7. The third-order valence-corrected chi connectivity index (χ3v) is 18.0. The van der Waals surface area contributed by atoms with Gasteiger partial charge in [-0.25, -0.2) is 50.7 Å². The van der Waals surface area contributed by atoms with E-state index < -0.39 is 95.1 Å². The highest BCUT2D eigenvalue weighted by Crippen LogP contribution is 2.48. The molecule has 474 valence electrons. The molecule has 0 saturated carbocycles. The SMILES string of the molecule is CC[C@@]1(O)C(=O)OCc2c1cc1n(c2=O)Cc2c-1nc1cc(F)c(C)c3c1c2[C@@H](N)CC3.CC[C@@]1(O)C(=O)OCc2c1cc1n(c2=O)Cc2c-1nc1cc(F)c(C)c3c1c2[C@@H](NC(=O)[C@H](O)c1cc(F)cc(F)c1)CC3.O=C(O)[C@H](O)c1cc(F)cc(F)c1.[2H]CF. The lowest BCUT2D eigenvalue weighted by Gasteiger charge is -2.31. The maximum absolute atomic E-state index is 15.1. The number of esters is 2. The van der Waals surface area contributed by atoms with Gasteiger partial charge in [0.2, 0.25) is 0 Å². The van der Waals surface area contributed by atoms with E-state index in [-0.39, 0.29) is 95.5 Å². The molecule has 0 unspecified atom stereocenters. The average molecular weight is 1260 g/mol. The Hall–Kier alpha value is -9.21. The van der Waals surface area contributed by atoms with Crippen molar-refractivity contribution < 1.29 is 86.3 Å². The minimum absolute atomic E-state index is 0.0352. The van der Waals surface area contributed by atoms with Gasteiger partial charge in [0.1, 0.15) is 48.1 Å². The predicted octanol–water partition coefficient (Wildman–Crippen LogP) is 7.78. The molecular formula is C65H57F7N6O13. The number of alkyl halides is 1. The quantitative estimate of drug-likeness (QED) is 0.0592. The van der Waals surface area contributed by atoms with Gasteiger partial charge in [0.05, 0.1) is 72.6 Å². The number of carboxylic acids is 1. The molecule has 19 nitrogen and oxygen atoms in total. The third kappa shape index (κ3) is 10.3. The number of aliphatic hydroxyl groups is 4. The van der Waals surface area contributed by atoms with Crippen molar-refractivity contribution >= 4 is 45.6 Å². The summed E-state index contributed by atoms with van der Waals surface area (Å²) < 4.78 is 111. The lowest BCUT2D eigenvalue weighted by Crippen LogP contribution is -2.44. The van der Waals surface area contributed by atoms with Gasteiger partial charge in [-0.2, -0.15) is 0 Å². The Morgan fingerprint density at radius 3 is 1.48 bits per heavy atom. The number of pyridine rings is 4. The van der Waals surface area contributed by atoms with Gasteiger partial charge in [0, 0.05) is 63.3 Å². The zero-order chi connectivity index (χ0) is 66.5. The molecule has 0 saturated heterocycles.